The molecule has 0 aromatic heterocycles. The predicted molar refractivity (Wildman–Crippen MR) is 89.1 cm³/mol. The van der Waals surface area contributed by atoms with Crippen molar-refractivity contribution in [3.8, 4) is 5.75 Å². The summed E-state index contributed by atoms with van der Waals surface area (Å²) in [5.41, 5.74) is 1.40. The lowest BCUT2D eigenvalue weighted by Crippen LogP contribution is -2.46. The smallest absolute Gasteiger partial charge is 0.119 e. The van der Waals surface area contributed by atoms with Crippen LogP contribution in [0.5, 0.6) is 5.75 Å². The Morgan fingerprint density at radius 2 is 1.52 bits per heavy atom. The fourth-order valence-corrected chi connectivity index (χ4v) is 2.85. The van der Waals surface area contributed by atoms with Crippen LogP contribution in [0.15, 0.2) is 24.3 Å². The lowest BCUT2D eigenvalue weighted by molar-refractivity contribution is 0.133. The van der Waals surface area contributed by atoms with Crippen molar-refractivity contribution < 1.29 is 4.74 Å². The maximum Gasteiger partial charge on any atom is 0.119 e. The molecule has 0 spiro atoms. The molecule has 3 nitrogen and oxygen atoms in total. The fourth-order valence-electron chi connectivity index (χ4n) is 2.85. The van der Waals surface area contributed by atoms with Gasteiger partial charge in [0.05, 0.1) is 6.10 Å². The zero-order chi connectivity index (χ0) is 15.1. The van der Waals surface area contributed by atoms with Gasteiger partial charge in [-0.1, -0.05) is 19.1 Å². The third-order valence-corrected chi connectivity index (χ3v) is 4.02. The molecule has 0 bridgehead atoms. The van der Waals surface area contributed by atoms with E-state index in [2.05, 4.69) is 54.8 Å². The van der Waals surface area contributed by atoms with Gasteiger partial charge in [-0.3, -0.25) is 0 Å². The van der Waals surface area contributed by atoms with E-state index in [1.807, 2.05) is 0 Å². The van der Waals surface area contributed by atoms with Gasteiger partial charge in [-0.15, -0.1) is 0 Å². The lowest BCUT2D eigenvalue weighted by Gasteiger charge is -2.34. The Bertz CT molecular complexity index is 394. The number of rotatable bonds is 7. The maximum atomic E-state index is 5.68. The summed E-state index contributed by atoms with van der Waals surface area (Å²) >= 11 is 0. The van der Waals surface area contributed by atoms with Crippen LogP contribution in [0, 0.1) is 0 Å². The first-order valence-corrected chi connectivity index (χ1v) is 8.37. The average Bonchev–Trinajstić information content (AvgIpc) is 2.48. The van der Waals surface area contributed by atoms with Gasteiger partial charge in [0.2, 0.25) is 0 Å². The molecule has 1 aromatic carbocycles. The quantitative estimate of drug-likeness (QED) is 0.767. The van der Waals surface area contributed by atoms with Crippen molar-refractivity contribution in [1.29, 1.82) is 0 Å². The Kier molecular flexibility index (Phi) is 6.52. The number of benzene rings is 1. The van der Waals surface area contributed by atoms with Gasteiger partial charge in [-0.05, 0) is 50.9 Å². The summed E-state index contributed by atoms with van der Waals surface area (Å²) in [5, 5.41) is 0. The molecule has 1 heterocycles. The minimum absolute atomic E-state index is 0.246. The zero-order valence-corrected chi connectivity index (χ0v) is 13.8. The van der Waals surface area contributed by atoms with E-state index < -0.39 is 0 Å². The molecule has 21 heavy (non-hydrogen) atoms. The molecule has 1 aliphatic rings. The molecule has 1 saturated heterocycles. The molecule has 2 rings (SSSR count). The van der Waals surface area contributed by atoms with Crippen LogP contribution in [-0.2, 0) is 6.42 Å². The molecule has 0 aliphatic carbocycles. The normalized spacial score (nSPS) is 17.3. The number of hydrogen-bond donors (Lipinski definition) is 0. The van der Waals surface area contributed by atoms with Crippen molar-refractivity contribution in [2.24, 2.45) is 0 Å². The SMILES string of the molecule is CCCN1CCN(CCc2ccc(OC(C)C)cc2)CC1. The summed E-state index contributed by atoms with van der Waals surface area (Å²) in [4.78, 5) is 5.17. The van der Waals surface area contributed by atoms with Gasteiger partial charge >= 0.3 is 0 Å². The van der Waals surface area contributed by atoms with E-state index in [1.165, 1.54) is 51.3 Å². The van der Waals surface area contributed by atoms with Gasteiger partial charge in [0.1, 0.15) is 5.75 Å². The maximum absolute atomic E-state index is 5.68. The number of piperazine rings is 1. The van der Waals surface area contributed by atoms with Crippen LogP contribution in [0.3, 0.4) is 0 Å². The predicted octanol–water partition coefficient (Wildman–Crippen LogP) is 3.04. The average molecular weight is 290 g/mol. The molecule has 3 heteroatoms. The summed E-state index contributed by atoms with van der Waals surface area (Å²) < 4.78 is 5.68. The molecule has 118 valence electrons. The van der Waals surface area contributed by atoms with Gasteiger partial charge in [0.25, 0.3) is 0 Å². The highest BCUT2D eigenvalue weighted by Gasteiger charge is 2.15. The highest BCUT2D eigenvalue weighted by molar-refractivity contribution is 5.27. The second-order valence-corrected chi connectivity index (χ2v) is 6.24. The van der Waals surface area contributed by atoms with Gasteiger partial charge in [0, 0.05) is 32.7 Å². The summed E-state index contributed by atoms with van der Waals surface area (Å²) in [5.74, 6) is 0.974. The van der Waals surface area contributed by atoms with Gasteiger partial charge in [-0.25, -0.2) is 0 Å². The Morgan fingerprint density at radius 1 is 0.952 bits per heavy atom. The third-order valence-electron chi connectivity index (χ3n) is 4.02. The Morgan fingerprint density at radius 3 is 2.05 bits per heavy atom. The monoisotopic (exact) mass is 290 g/mol. The second kappa shape index (κ2) is 8.40. The minimum atomic E-state index is 0.246. The highest BCUT2D eigenvalue weighted by atomic mass is 16.5. The lowest BCUT2D eigenvalue weighted by atomic mass is 10.1. The summed E-state index contributed by atoms with van der Waals surface area (Å²) in [7, 11) is 0. The molecule has 0 saturated carbocycles. The fraction of sp³-hybridized carbons (Fsp3) is 0.667. The van der Waals surface area contributed by atoms with Gasteiger partial charge < -0.3 is 14.5 Å². The van der Waals surface area contributed by atoms with E-state index in [9.17, 15) is 0 Å². The molecule has 0 atom stereocenters. The first kappa shape index (κ1) is 16.3. The summed E-state index contributed by atoms with van der Waals surface area (Å²) in [6, 6.07) is 8.58. The molecule has 1 aliphatic heterocycles. The summed E-state index contributed by atoms with van der Waals surface area (Å²) in [6.07, 6.45) is 2.65. The van der Waals surface area contributed by atoms with Crippen LogP contribution in [0.25, 0.3) is 0 Å². The van der Waals surface area contributed by atoms with E-state index in [-0.39, 0.29) is 6.10 Å². The number of ether oxygens (including phenoxy) is 1. The zero-order valence-electron chi connectivity index (χ0n) is 13.8. The molecule has 1 aromatic rings. The highest BCUT2D eigenvalue weighted by Crippen LogP contribution is 2.14. The van der Waals surface area contributed by atoms with Crippen LogP contribution < -0.4 is 4.74 Å². The molecule has 0 radical (unpaired) electrons. The van der Waals surface area contributed by atoms with Crippen LogP contribution in [0.2, 0.25) is 0 Å². The van der Waals surface area contributed by atoms with E-state index >= 15 is 0 Å². The largest absolute Gasteiger partial charge is 0.491 e. The minimum Gasteiger partial charge on any atom is -0.491 e. The van der Waals surface area contributed by atoms with Crippen molar-refractivity contribution in [1.82, 2.24) is 9.80 Å². The van der Waals surface area contributed by atoms with Crippen LogP contribution in [0.1, 0.15) is 32.8 Å². The van der Waals surface area contributed by atoms with Crippen LogP contribution in [0.4, 0.5) is 0 Å². The molecule has 0 unspecified atom stereocenters. The van der Waals surface area contributed by atoms with Gasteiger partial charge in [0.15, 0.2) is 0 Å². The third kappa shape index (κ3) is 5.68. The Hall–Kier alpha value is -1.06. The van der Waals surface area contributed by atoms with Crippen LogP contribution in [-0.4, -0.2) is 55.2 Å². The Balaban J connectivity index is 1.71. The van der Waals surface area contributed by atoms with Crippen molar-refractivity contribution >= 4 is 0 Å². The number of hydrogen-bond acceptors (Lipinski definition) is 3. The molecule has 0 amide bonds. The van der Waals surface area contributed by atoms with Crippen molar-refractivity contribution in [3.05, 3.63) is 29.8 Å². The van der Waals surface area contributed by atoms with Crippen molar-refractivity contribution in [2.45, 2.75) is 39.7 Å². The van der Waals surface area contributed by atoms with E-state index in [4.69, 9.17) is 4.74 Å². The topological polar surface area (TPSA) is 15.7 Å². The van der Waals surface area contributed by atoms with Gasteiger partial charge in [-0.2, -0.15) is 0 Å². The van der Waals surface area contributed by atoms with Crippen LogP contribution >= 0.6 is 0 Å². The second-order valence-electron chi connectivity index (χ2n) is 6.24. The standard InChI is InChI=1S/C18H30N2O/c1-4-10-19-12-14-20(15-13-19)11-9-17-5-7-18(8-6-17)21-16(2)3/h5-8,16H,4,9-15H2,1-3H3. The van der Waals surface area contributed by atoms with E-state index in [0.717, 1.165) is 12.2 Å². The summed E-state index contributed by atoms with van der Waals surface area (Å²) in [6.45, 7) is 13.7. The Labute approximate surface area is 129 Å². The molecular formula is C18H30N2O. The van der Waals surface area contributed by atoms with E-state index in [0.29, 0.717) is 0 Å². The molecule has 0 N–H and O–H groups in total. The first-order chi connectivity index (χ1) is 10.2. The number of nitrogens with zero attached hydrogens (tertiary/aromatic N) is 2. The van der Waals surface area contributed by atoms with Crippen molar-refractivity contribution in [3.63, 3.8) is 0 Å². The first-order valence-electron chi connectivity index (χ1n) is 8.37. The van der Waals surface area contributed by atoms with E-state index in [1.54, 1.807) is 0 Å². The molecule has 1 fully saturated rings. The van der Waals surface area contributed by atoms with Crippen molar-refractivity contribution in [2.75, 3.05) is 39.3 Å². The molecular weight excluding hydrogens is 260 g/mol.